The third kappa shape index (κ3) is 2.47. The SMILES string of the molecule is Fc1ccc(Cl)c(CC2(F)CCNC2)c1. The van der Waals surface area contributed by atoms with Crippen LogP contribution >= 0.6 is 11.6 Å². The van der Waals surface area contributed by atoms with Crippen LogP contribution in [0.15, 0.2) is 18.2 Å². The van der Waals surface area contributed by atoms with E-state index >= 15 is 0 Å². The molecule has 1 aliphatic heterocycles. The van der Waals surface area contributed by atoms with E-state index in [0.29, 0.717) is 30.1 Å². The minimum Gasteiger partial charge on any atom is -0.313 e. The third-order valence-corrected chi connectivity index (χ3v) is 3.08. The van der Waals surface area contributed by atoms with E-state index in [1.54, 1.807) is 0 Å². The Morgan fingerprint density at radius 2 is 2.27 bits per heavy atom. The molecule has 0 saturated carbocycles. The minimum absolute atomic E-state index is 0.177. The van der Waals surface area contributed by atoms with Gasteiger partial charge >= 0.3 is 0 Å². The van der Waals surface area contributed by atoms with Gasteiger partial charge in [-0.15, -0.1) is 0 Å². The molecule has 1 atom stereocenters. The zero-order valence-electron chi connectivity index (χ0n) is 8.19. The fraction of sp³-hybridized carbons (Fsp3) is 0.455. The Labute approximate surface area is 92.4 Å². The zero-order chi connectivity index (χ0) is 10.9. The number of benzene rings is 1. The van der Waals surface area contributed by atoms with Crippen molar-refractivity contribution < 1.29 is 8.78 Å². The van der Waals surface area contributed by atoms with Crippen LogP contribution in [-0.2, 0) is 6.42 Å². The molecule has 0 spiro atoms. The summed E-state index contributed by atoms with van der Waals surface area (Å²) in [7, 11) is 0. The van der Waals surface area contributed by atoms with E-state index < -0.39 is 5.67 Å². The molecule has 1 aromatic rings. The van der Waals surface area contributed by atoms with Crippen molar-refractivity contribution in [3.63, 3.8) is 0 Å². The second-order valence-corrected chi connectivity index (χ2v) is 4.40. The number of alkyl halides is 1. The summed E-state index contributed by atoms with van der Waals surface area (Å²) in [5.41, 5.74) is -0.736. The molecule has 1 unspecified atom stereocenters. The maximum Gasteiger partial charge on any atom is 0.128 e. The average Bonchev–Trinajstić information content (AvgIpc) is 2.59. The van der Waals surface area contributed by atoms with Gasteiger partial charge in [0.15, 0.2) is 0 Å². The molecule has 2 rings (SSSR count). The molecule has 1 fully saturated rings. The molecule has 1 aromatic carbocycles. The lowest BCUT2D eigenvalue weighted by molar-refractivity contribution is 0.190. The van der Waals surface area contributed by atoms with Crippen LogP contribution in [0.3, 0.4) is 0 Å². The van der Waals surface area contributed by atoms with Gasteiger partial charge in [-0.1, -0.05) is 11.6 Å². The molecule has 1 N–H and O–H groups in total. The highest BCUT2D eigenvalue weighted by Crippen LogP contribution is 2.28. The number of nitrogens with one attached hydrogen (secondary N) is 1. The number of rotatable bonds is 2. The van der Waals surface area contributed by atoms with Crippen LogP contribution in [0.1, 0.15) is 12.0 Å². The number of hydrogen-bond acceptors (Lipinski definition) is 1. The smallest absolute Gasteiger partial charge is 0.128 e. The predicted octanol–water partition coefficient (Wildman–Crippen LogP) is 2.72. The molecule has 0 bridgehead atoms. The van der Waals surface area contributed by atoms with E-state index in [-0.39, 0.29) is 12.2 Å². The summed E-state index contributed by atoms with van der Waals surface area (Å²) in [6, 6.07) is 4.06. The van der Waals surface area contributed by atoms with Crippen molar-refractivity contribution in [2.24, 2.45) is 0 Å². The first-order chi connectivity index (χ1) is 7.09. The molecule has 1 heterocycles. The molecule has 0 aliphatic carbocycles. The fourth-order valence-corrected chi connectivity index (χ4v) is 2.07. The Kier molecular flexibility index (Phi) is 2.94. The second-order valence-electron chi connectivity index (χ2n) is 3.99. The van der Waals surface area contributed by atoms with Crippen LogP contribution in [0, 0.1) is 5.82 Å². The van der Waals surface area contributed by atoms with Crippen molar-refractivity contribution in [3.8, 4) is 0 Å². The lowest BCUT2D eigenvalue weighted by Crippen LogP contribution is -2.28. The monoisotopic (exact) mass is 231 g/mol. The van der Waals surface area contributed by atoms with Gasteiger partial charge in [0.05, 0.1) is 0 Å². The molecule has 0 aromatic heterocycles. The van der Waals surface area contributed by atoms with Crippen molar-refractivity contribution in [1.29, 1.82) is 0 Å². The summed E-state index contributed by atoms with van der Waals surface area (Å²) in [6.07, 6.45) is 0.635. The predicted molar refractivity (Wildman–Crippen MR) is 56.4 cm³/mol. The van der Waals surface area contributed by atoms with Crippen molar-refractivity contribution in [2.45, 2.75) is 18.5 Å². The van der Waals surface area contributed by atoms with Crippen LogP contribution in [-0.4, -0.2) is 18.8 Å². The average molecular weight is 232 g/mol. The van der Waals surface area contributed by atoms with Crippen LogP contribution in [0.4, 0.5) is 8.78 Å². The Morgan fingerprint density at radius 3 is 2.93 bits per heavy atom. The third-order valence-electron chi connectivity index (χ3n) is 2.71. The van der Waals surface area contributed by atoms with Crippen molar-refractivity contribution >= 4 is 11.6 Å². The highest BCUT2D eigenvalue weighted by Gasteiger charge is 2.34. The van der Waals surface area contributed by atoms with E-state index in [1.165, 1.54) is 18.2 Å². The first-order valence-corrected chi connectivity index (χ1v) is 5.30. The number of halogens is 3. The highest BCUT2D eigenvalue weighted by atomic mass is 35.5. The van der Waals surface area contributed by atoms with E-state index in [0.717, 1.165) is 0 Å². The molecule has 1 aliphatic rings. The van der Waals surface area contributed by atoms with Crippen molar-refractivity contribution in [3.05, 3.63) is 34.6 Å². The Hall–Kier alpha value is -0.670. The summed E-state index contributed by atoms with van der Waals surface area (Å²) in [4.78, 5) is 0. The summed E-state index contributed by atoms with van der Waals surface area (Å²) < 4.78 is 27.0. The summed E-state index contributed by atoms with van der Waals surface area (Å²) >= 11 is 5.88. The maximum absolute atomic E-state index is 14.1. The first kappa shape index (κ1) is 10.8. The topological polar surface area (TPSA) is 12.0 Å². The van der Waals surface area contributed by atoms with Gasteiger partial charge in [0.25, 0.3) is 0 Å². The standard InChI is InChI=1S/C11H12ClF2N/c12-10-2-1-9(13)5-8(10)6-11(14)3-4-15-7-11/h1-2,5,15H,3-4,6-7H2. The van der Waals surface area contributed by atoms with Crippen molar-refractivity contribution in [1.82, 2.24) is 5.32 Å². The largest absolute Gasteiger partial charge is 0.313 e. The van der Waals surface area contributed by atoms with Gasteiger partial charge in [0.2, 0.25) is 0 Å². The Bertz CT molecular complexity index is 362. The molecule has 4 heteroatoms. The van der Waals surface area contributed by atoms with E-state index in [4.69, 9.17) is 11.6 Å². The van der Waals surface area contributed by atoms with Gasteiger partial charge in [-0.2, -0.15) is 0 Å². The summed E-state index contributed by atoms with van der Waals surface area (Å²) in [5.74, 6) is -0.371. The van der Waals surface area contributed by atoms with E-state index in [9.17, 15) is 8.78 Å². The highest BCUT2D eigenvalue weighted by molar-refractivity contribution is 6.31. The van der Waals surface area contributed by atoms with Crippen LogP contribution in [0.25, 0.3) is 0 Å². The molecule has 15 heavy (non-hydrogen) atoms. The van der Waals surface area contributed by atoms with Gasteiger partial charge in [-0.25, -0.2) is 8.78 Å². The molecule has 82 valence electrons. The van der Waals surface area contributed by atoms with E-state index in [2.05, 4.69) is 5.32 Å². The van der Waals surface area contributed by atoms with E-state index in [1.807, 2.05) is 0 Å². The zero-order valence-corrected chi connectivity index (χ0v) is 8.95. The van der Waals surface area contributed by atoms with Crippen LogP contribution in [0.2, 0.25) is 5.02 Å². The quantitative estimate of drug-likeness (QED) is 0.825. The van der Waals surface area contributed by atoms with Gasteiger partial charge in [-0.05, 0) is 36.7 Å². The van der Waals surface area contributed by atoms with Crippen LogP contribution in [0.5, 0.6) is 0 Å². The molecule has 1 saturated heterocycles. The van der Waals surface area contributed by atoms with Gasteiger partial charge in [0, 0.05) is 18.0 Å². The fourth-order valence-electron chi connectivity index (χ4n) is 1.88. The summed E-state index contributed by atoms with van der Waals surface area (Å²) in [6.45, 7) is 0.989. The molecular formula is C11H12ClF2N. The molecule has 1 nitrogen and oxygen atoms in total. The van der Waals surface area contributed by atoms with Crippen molar-refractivity contribution in [2.75, 3.05) is 13.1 Å². The maximum atomic E-state index is 14.1. The molecular weight excluding hydrogens is 220 g/mol. The molecule has 0 amide bonds. The second kappa shape index (κ2) is 4.06. The number of hydrogen-bond donors (Lipinski definition) is 1. The minimum atomic E-state index is -1.28. The lowest BCUT2D eigenvalue weighted by Gasteiger charge is -2.18. The summed E-state index contributed by atoms with van der Waals surface area (Å²) in [5, 5.41) is 3.39. The first-order valence-electron chi connectivity index (χ1n) is 4.93. The normalized spacial score (nSPS) is 25.8. The van der Waals surface area contributed by atoms with Gasteiger partial charge in [0.1, 0.15) is 11.5 Å². The van der Waals surface area contributed by atoms with Gasteiger partial charge in [-0.3, -0.25) is 0 Å². The lowest BCUT2D eigenvalue weighted by atomic mass is 9.95. The molecule has 0 radical (unpaired) electrons. The van der Waals surface area contributed by atoms with Crippen LogP contribution < -0.4 is 5.32 Å². The van der Waals surface area contributed by atoms with Gasteiger partial charge < -0.3 is 5.32 Å². The Morgan fingerprint density at radius 1 is 1.47 bits per heavy atom. The Balaban J connectivity index is 2.19.